The van der Waals surface area contributed by atoms with Gasteiger partial charge in [0.25, 0.3) is 5.91 Å². The summed E-state index contributed by atoms with van der Waals surface area (Å²) < 4.78 is 55.1. The standard InChI is InChI=1S/C22H20F4N4O2/c23-17-7-3-4-8-18(17)30-19(27-28-21(30)32)13-14-9-11-29(12-10-14)20(31)15-5-1-2-6-16(15)22(24,25)26/h1-8,14H,9-13H2,(H,28,32). The number of rotatable bonds is 4. The molecular weight excluding hydrogens is 428 g/mol. The molecule has 0 bridgehead atoms. The zero-order chi connectivity index (χ0) is 22.9. The highest BCUT2D eigenvalue weighted by Crippen LogP contribution is 2.33. The second kappa shape index (κ2) is 8.60. The Morgan fingerprint density at radius 1 is 1.06 bits per heavy atom. The van der Waals surface area contributed by atoms with Gasteiger partial charge in [0.15, 0.2) is 0 Å². The van der Waals surface area contributed by atoms with Crippen molar-refractivity contribution >= 4 is 5.91 Å². The normalized spacial score (nSPS) is 15.2. The first-order valence-corrected chi connectivity index (χ1v) is 10.1. The van der Waals surface area contributed by atoms with Gasteiger partial charge in [0.2, 0.25) is 0 Å². The molecule has 1 aliphatic heterocycles. The Kier molecular flexibility index (Phi) is 5.86. The van der Waals surface area contributed by atoms with Crippen molar-refractivity contribution in [1.82, 2.24) is 19.7 Å². The third-order valence-corrected chi connectivity index (χ3v) is 5.67. The smallest absolute Gasteiger partial charge is 0.339 e. The molecule has 0 spiro atoms. The lowest BCUT2D eigenvalue weighted by atomic mass is 9.92. The van der Waals surface area contributed by atoms with E-state index in [4.69, 9.17) is 0 Å². The molecule has 2 aromatic carbocycles. The minimum atomic E-state index is -4.61. The molecule has 4 rings (SSSR count). The number of benzene rings is 2. The van der Waals surface area contributed by atoms with E-state index in [0.29, 0.717) is 25.1 Å². The number of aromatic amines is 1. The second-order valence-electron chi connectivity index (χ2n) is 7.71. The largest absolute Gasteiger partial charge is 0.417 e. The maximum Gasteiger partial charge on any atom is 0.417 e. The summed E-state index contributed by atoms with van der Waals surface area (Å²) in [6.07, 6.45) is -3.19. The minimum Gasteiger partial charge on any atom is -0.339 e. The van der Waals surface area contributed by atoms with Crippen molar-refractivity contribution in [2.45, 2.75) is 25.4 Å². The number of H-pyrrole nitrogens is 1. The average Bonchev–Trinajstić information content (AvgIpc) is 3.13. The van der Waals surface area contributed by atoms with Crippen molar-refractivity contribution in [3.8, 4) is 5.69 Å². The fourth-order valence-electron chi connectivity index (χ4n) is 4.03. The molecule has 0 radical (unpaired) electrons. The van der Waals surface area contributed by atoms with Crippen LogP contribution in [0.4, 0.5) is 17.6 Å². The second-order valence-corrected chi connectivity index (χ2v) is 7.71. The van der Waals surface area contributed by atoms with E-state index in [1.54, 1.807) is 6.07 Å². The van der Waals surface area contributed by atoms with Crippen LogP contribution in [0.15, 0.2) is 53.3 Å². The molecule has 3 aromatic rings. The molecule has 0 aliphatic carbocycles. The van der Waals surface area contributed by atoms with Gasteiger partial charge in [-0.05, 0) is 43.0 Å². The molecule has 0 unspecified atom stereocenters. The first-order valence-electron chi connectivity index (χ1n) is 10.1. The van der Waals surface area contributed by atoms with Crippen LogP contribution in [0.1, 0.15) is 34.6 Å². The Morgan fingerprint density at radius 3 is 2.41 bits per heavy atom. The third-order valence-electron chi connectivity index (χ3n) is 5.67. The summed E-state index contributed by atoms with van der Waals surface area (Å²) in [4.78, 5) is 26.3. The Morgan fingerprint density at radius 2 is 1.72 bits per heavy atom. The number of carbonyl (C=O) groups excluding carboxylic acids is 1. The molecule has 6 nitrogen and oxygen atoms in total. The van der Waals surface area contributed by atoms with Crippen molar-refractivity contribution in [3.63, 3.8) is 0 Å². The molecule has 0 atom stereocenters. The van der Waals surface area contributed by atoms with Crippen LogP contribution in [0, 0.1) is 11.7 Å². The zero-order valence-corrected chi connectivity index (χ0v) is 16.9. The predicted molar refractivity (Wildman–Crippen MR) is 108 cm³/mol. The van der Waals surface area contributed by atoms with Crippen LogP contribution in [0.5, 0.6) is 0 Å². The maximum absolute atomic E-state index is 14.2. The predicted octanol–water partition coefficient (Wildman–Crippen LogP) is 3.81. The molecule has 10 heteroatoms. The highest BCUT2D eigenvalue weighted by atomic mass is 19.4. The van der Waals surface area contributed by atoms with Crippen molar-refractivity contribution in [2.24, 2.45) is 5.92 Å². The van der Waals surface area contributed by atoms with Crippen molar-refractivity contribution in [3.05, 3.63) is 81.8 Å². The van der Waals surface area contributed by atoms with Gasteiger partial charge in [0.05, 0.1) is 16.8 Å². The van der Waals surface area contributed by atoms with E-state index >= 15 is 0 Å². The SMILES string of the molecule is O=C(c1ccccc1C(F)(F)F)N1CCC(Cc2n[nH]c(=O)n2-c2ccccc2F)CC1. The molecule has 168 valence electrons. The van der Waals surface area contributed by atoms with E-state index in [1.807, 2.05) is 0 Å². The average molecular weight is 448 g/mol. The number of likely N-dealkylation sites (tertiary alicyclic amines) is 1. The van der Waals surface area contributed by atoms with Gasteiger partial charge in [0.1, 0.15) is 11.6 Å². The molecule has 1 fully saturated rings. The number of hydrogen-bond acceptors (Lipinski definition) is 3. The molecule has 1 saturated heterocycles. The Labute approximate surface area is 180 Å². The molecule has 1 amide bonds. The number of nitrogens with zero attached hydrogens (tertiary/aromatic N) is 3. The minimum absolute atomic E-state index is 0.0395. The van der Waals surface area contributed by atoms with Crippen molar-refractivity contribution in [2.75, 3.05) is 13.1 Å². The highest BCUT2D eigenvalue weighted by Gasteiger charge is 2.36. The summed E-state index contributed by atoms with van der Waals surface area (Å²) in [5.41, 5.74) is -1.77. The van der Waals surface area contributed by atoms with Crippen LogP contribution in [0.25, 0.3) is 5.69 Å². The van der Waals surface area contributed by atoms with Gasteiger partial charge in [-0.25, -0.2) is 18.9 Å². The van der Waals surface area contributed by atoms with Gasteiger partial charge in [-0.15, -0.1) is 0 Å². The van der Waals surface area contributed by atoms with Crippen LogP contribution in [0.3, 0.4) is 0 Å². The van der Waals surface area contributed by atoms with Gasteiger partial charge in [-0.3, -0.25) is 4.79 Å². The van der Waals surface area contributed by atoms with E-state index in [0.717, 1.165) is 6.07 Å². The van der Waals surface area contributed by atoms with Gasteiger partial charge in [0, 0.05) is 19.5 Å². The number of alkyl halides is 3. The summed E-state index contributed by atoms with van der Waals surface area (Å²) in [5, 5.41) is 6.36. The summed E-state index contributed by atoms with van der Waals surface area (Å²) in [7, 11) is 0. The zero-order valence-electron chi connectivity index (χ0n) is 16.9. The van der Waals surface area contributed by atoms with Crippen molar-refractivity contribution < 1.29 is 22.4 Å². The Hall–Kier alpha value is -3.43. The third kappa shape index (κ3) is 4.30. The summed E-state index contributed by atoms with van der Waals surface area (Å²) >= 11 is 0. The van der Waals surface area contributed by atoms with Gasteiger partial charge >= 0.3 is 11.9 Å². The quantitative estimate of drug-likeness (QED) is 0.617. The topological polar surface area (TPSA) is 71.0 Å². The van der Waals surface area contributed by atoms with Gasteiger partial charge in [-0.1, -0.05) is 24.3 Å². The first-order chi connectivity index (χ1) is 15.3. The number of amides is 1. The molecular formula is C22H20F4N4O2. The fourth-order valence-corrected chi connectivity index (χ4v) is 4.03. The van der Waals surface area contributed by atoms with E-state index < -0.39 is 29.2 Å². The summed E-state index contributed by atoms with van der Waals surface area (Å²) in [6.45, 7) is 0.564. The molecule has 1 N–H and O–H groups in total. The van der Waals surface area contributed by atoms with Gasteiger partial charge in [-0.2, -0.15) is 18.3 Å². The maximum atomic E-state index is 14.2. The fraction of sp³-hybridized carbons (Fsp3) is 0.318. The van der Waals surface area contributed by atoms with Crippen LogP contribution in [-0.4, -0.2) is 38.7 Å². The molecule has 1 aliphatic rings. The number of hydrogen-bond donors (Lipinski definition) is 1. The number of para-hydroxylation sites is 1. The van der Waals surface area contributed by atoms with Crippen LogP contribution < -0.4 is 5.69 Å². The molecule has 0 saturated carbocycles. The molecule has 1 aromatic heterocycles. The lowest BCUT2D eigenvalue weighted by Gasteiger charge is -2.32. The number of halogens is 4. The van der Waals surface area contributed by atoms with E-state index in [9.17, 15) is 27.2 Å². The Bertz CT molecular complexity index is 1180. The van der Waals surface area contributed by atoms with Crippen molar-refractivity contribution in [1.29, 1.82) is 0 Å². The van der Waals surface area contributed by atoms with Gasteiger partial charge < -0.3 is 4.90 Å². The van der Waals surface area contributed by atoms with E-state index in [1.165, 1.54) is 45.9 Å². The first kappa shape index (κ1) is 21.8. The van der Waals surface area contributed by atoms with Crippen LogP contribution in [-0.2, 0) is 12.6 Å². The lowest BCUT2D eigenvalue weighted by molar-refractivity contribution is -0.138. The summed E-state index contributed by atoms with van der Waals surface area (Å²) in [6, 6.07) is 10.6. The number of aromatic nitrogens is 3. The van der Waals surface area contributed by atoms with E-state index in [-0.39, 0.29) is 30.3 Å². The monoisotopic (exact) mass is 448 g/mol. The summed E-state index contributed by atoms with van der Waals surface area (Å²) in [5.74, 6) is -0.801. The van der Waals surface area contributed by atoms with E-state index in [2.05, 4.69) is 10.2 Å². The molecule has 2 heterocycles. The molecule has 32 heavy (non-hydrogen) atoms. The number of carbonyl (C=O) groups is 1. The van der Waals surface area contributed by atoms with Crippen LogP contribution in [0.2, 0.25) is 0 Å². The number of piperidine rings is 1. The van der Waals surface area contributed by atoms with Crippen LogP contribution >= 0.6 is 0 Å². The Balaban J connectivity index is 1.46. The highest BCUT2D eigenvalue weighted by molar-refractivity contribution is 5.96. The lowest BCUT2D eigenvalue weighted by Crippen LogP contribution is -2.39. The number of nitrogens with one attached hydrogen (secondary N) is 1.